The van der Waals surface area contributed by atoms with E-state index in [2.05, 4.69) is 5.32 Å². The van der Waals surface area contributed by atoms with Gasteiger partial charge in [0.1, 0.15) is 5.82 Å². The molecule has 0 aromatic heterocycles. The van der Waals surface area contributed by atoms with Gasteiger partial charge in [0.2, 0.25) is 0 Å². The van der Waals surface area contributed by atoms with E-state index in [4.69, 9.17) is 4.74 Å². The fourth-order valence-electron chi connectivity index (χ4n) is 1.75. The second kappa shape index (κ2) is 5.96. The molecular formula is C14H18FNO2. The summed E-state index contributed by atoms with van der Waals surface area (Å²) in [4.78, 5) is 11.8. The summed E-state index contributed by atoms with van der Waals surface area (Å²) in [6, 6.07) is 4.16. The van der Waals surface area contributed by atoms with Gasteiger partial charge in [0.25, 0.3) is 5.91 Å². The Kier molecular flexibility index (Phi) is 4.31. The van der Waals surface area contributed by atoms with E-state index in [1.807, 2.05) is 0 Å². The van der Waals surface area contributed by atoms with E-state index in [1.165, 1.54) is 31.0 Å². The lowest BCUT2D eigenvalue weighted by molar-refractivity contribution is 0.0906. The van der Waals surface area contributed by atoms with Gasteiger partial charge in [-0.25, -0.2) is 4.39 Å². The maximum atomic E-state index is 12.9. The van der Waals surface area contributed by atoms with Crippen LogP contribution in [0.3, 0.4) is 0 Å². The molecule has 0 saturated heterocycles. The second-order valence-electron chi connectivity index (χ2n) is 4.73. The summed E-state index contributed by atoms with van der Waals surface area (Å²) < 4.78 is 18.3. The average Bonchev–Trinajstić information content (AvgIpc) is 3.12. The number of nitrogens with one attached hydrogen (secondary N) is 1. The van der Waals surface area contributed by atoms with Crippen molar-refractivity contribution in [3.8, 4) is 0 Å². The first-order valence-electron chi connectivity index (χ1n) is 6.29. The monoisotopic (exact) mass is 251 g/mol. The maximum absolute atomic E-state index is 12.9. The number of amides is 1. The molecule has 3 nitrogen and oxygen atoms in total. The third-order valence-corrected chi connectivity index (χ3v) is 3.02. The van der Waals surface area contributed by atoms with E-state index < -0.39 is 0 Å². The molecule has 0 atom stereocenters. The Balaban J connectivity index is 1.72. The van der Waals surface area contributed by atoms with Crippen molar-refractivity contribution in [3.05, 3.63) is 35.1 Å². The van der Waals surface area contributed by atoms with Gasteiger partial charge in [-0.1, -0.05) is 0 Å². The standard InChI is InChI=1S/C14H18FNO2/c1-10-8-12(15)4-5-13(10)14(17)16-6-7-18-9-11-2-3-11/h4-5,8,11H,2-3,6-7,9H2,1H3,(H,16,17). The van der Waals surface area contributed by atoms with Crippen molar-refractivity contribution in [1.29, 1.82) is 0 Å². The lowest BCUT2D eigenvalue weighted by Crippen LogP contribution is -2.28. The summed E-state index contributed by atoms with van der Waals surface area (Å²) in [6.07, 6.45) is 2.53. The molecule has 0 spiro atoms. The predicted molar refractivity (Wildman–Crippen MR) is 67.0 cm³/mol. The molecule has 1 saturated carbocycles. The molecule has 0 unspecified atom stereocenters. The summed E-state index contributed by atoms with van der Waals surface area (Å²) in [7, 11) is 0. The maximum Gasteiger partial charge on any atom is 0.251 e. The molecule has 1 aliphatic rings. The molecule has 1 aliphatic carbocycles. The first kappa shape index (κ1) is 13.0. The smallest absolute Gasteiger partial charge is 0.251 e. The summed E-state index contributed by atoms with van der Waals surface area (Å²) >= 11 is 0. The fourth-order valence-corrected chi connectivity index (χ4v) is 1.75. The largest absolute Gasteiger partial charge is 0.379 e. The number of ether oxygens (including phenoxy) is 1. The van der Waals surface area contributed by atoms with Crippen LogP contribution in [0, 0.1) is 18.7 Å². The topological polar surface area (TPSA) is 38.3 Å². The van der Waals surface area contributed by atoms with Gasteiger partial charge in [-0.15, -0.1) is 0 Å². The van der Waals surface area contributed by atoms with Gasteiger partial charge in [-0.2, -0.15) is 0 Å². The number of halogens is 1. The van der Waals surface area contributed by atoms with Gasteiger partial charge in [0, 0.05) is 18.7 Å². The predicted octanol–water partition coefficient (Wildman–Crippen LogP) is 2.29. The van der Waals surface area contributed by atoms with Crippen molar-refractivity contribution in [2.75, 3.05) is 19.8 Å². The van der Waals surface area contributed by atoms with E-state index in [-0.39, 0.29) is 11.7 Å². The summed E-state index contributed by atoms with van der Waals surface area (Å²) in [5.74, 6) is 0.236. The number of carbonyl (C=O) groups excluding carboxylic acids is 1. The highest BCUT2D eigenvalue weighted by molar-refractivity contribution is 5.95. The summed E-state index contributed by atoms with van der Waals surface area (Å²) in [6.45, 7) is 3.54. The minimum absolute atomic E-state index is 0.178. The molecule has 98 valence electrons. The highest BCUT2D eigenvalue weighted by Gasteiger charge is 2.20. The molecule has 0 heterocycles. The van der Waals surface area contributed by atoms with Crippen LogP contribution in [0.5, 0.6) is 0 Å². The molecule has 1 fully saturated rings. The first-order chi connectivity index (χ1) is 8.66. The Morgan fingerprint density at radius 2 is 2.28 bits per heavy atom. The molecule has 1 N–H and O–H groups in total. The second-order valence-corrected chi connectivity index (χ2v) is 4.73. The lowest BCUT2D eigenvalue weighted by atomic mass is 10.1. The van der Waals surface area contributed by atoms with Crippen LogP contribution in [0.25, 0.3) is 0 Å². The average molecular weight is 251 g/mol. The number of benzene rings is 1. The van der Waals surface area contributed by atoms with Crippen LogP contribution in [-0.2, 0) is 4.74 Å². The van der Waals surface area contributed by atoms with Crippen LogP contribution in [0.1, 0.15) is 28.8 Å². The van der Waals surface area contributed by atoms with Crippen LogP contribution >= 0.6 is 0 Å². The highest BCUT2D eigenvalue weighted by Crippen LogP contribution is 2.28. The summed E-state index contributed by atoms with van der Waals surface area (Å²) in [5, 5.41) is 2.77. The zero-order valence-electron chi connectivity index (χ0n) is 10.5. The third kappa shape index (κ3) is 3.81. The molecule has 2 rings (SSSR count). The van der Waals surface area contributed by atoms with Gasteiger partial charge in [0.15, 0.2) is 0 Å². The minimum atomic E-state index is -0.322. The van der Waals surface area contributed by atoms with Crippen molar-refractivity contribution in [2.45, 2.75) is 19.8 Å². The molecule has 0 bridgehead atoms. The zero-order valence-corrected chi connectivity index (χ0v) is 10.5. The minimum Gasteiger partial charge on any atom is -0.379 e. The van der Waals surface area contributed by atoms with Crippen molar-refractivity contribution < 1.29 is 13.9 Å². The quantitative estimate of drug-likeness (QED) is 0.788. The van der Waals surface area contributed by atoms with Crippen molar-refractivity contribution in [1.82, 2.24) is 5.32 Å². The van der Waals surface area contributed by atoms with Crippen LogP contribution in [-0.4, -0.2) is 25.7 Å². The van der Waals surface area contributed by atoms with Gasteiger partial charge in [0.05, 0.1) is 6.61 Å². The van der Waals surface area contributed by atoms with Crippen LogP contribution < -0.4 is 5.32 Å². The zero-order chi connectivity index (χ0) is 13.0. The Hall–Kier alpha value is -1.42. The Bertz CT molecular complexity index is 430. The molecule has 18 heavy (non-hydrogen) atoms. The number of hydrogen-bond acceptors (Lipinski definition) is 2. The Morgan fingerprint density at radius 3 is 2.94 bits per heavy atom. The lowest BCUT2D eigenvalue weighted by Gasteiger charge is -2.08. The van der Waals surface area contributed by atoms with Gasteiger partial charge >= 0.3 is 0 Å². The number of aryl methyl sites for hydroxylation is 1. The summed E-state index contributed by atoms with van der Waals surface area (Å²) in [5.41, 5.74) is 1.16. The number of carbonyl (C=O) groups is 1. The Morgan fingerprint density at radius 1 is 1.50 bits per heavy atom. The van der Waals surface area contributed by atoms with Crippen LogP contribution in [0.15, 0.2) is 18.2 Å². The normalized spacial score (nSPS) is 14.6. The molecule has 0 radical (unpaired) electrons. The van der Waals surface area contributed by atoms with Crippen molar-refractivity contribution in [3.63, 3.8) is 0 Å². The number of rotatable bonds is 6. The first-order valence-corrected chi connectivity index (χ1v) is 6.29. The molecule has 4 heteroatoms. The molecule has 1 aromatic carbocycles. The number of hydrogen-bond donors (Lipinski definition) is 1. The molecule has 1 amide bonds. The van der Waals surface area contributed by atoms with Crippen molar-refractivity contribution >= 4 is 5.91 Å². The fraction of sp³-hybridized carbons (Fsp3) is 0.500. The Labute approximate surface area is 106 Å². The SMILES string of the molecule is Cc1cc(F)ccc1C(=O)NCCOCC1CC1. The van der Waals surface area contributed by atoms with E-state index >= 15 is 0 Å². The molecule has 1 aromatic rings. The van der Waals surface area contributed by atoms with E-state index in [0.717, 1.165) is 12.5 Å². The van der Waals surface area contributed by atoms with Crippen LogP contribution in [0.4, 0.5) is 4.39 Å². The third-order valence-electron chi connectivity index (χ3n) is 3.02. The van der Waals surface area contributed by atoms with Crippen molar-refractivity contribution in [2.24, 2.45) is 5.92 Å². The van der Waals surface area contributed by atoms with E-state index in [9.17, 15) is 9.18 Å². The van der Waals surface area contributed by atoms with E-state index in [0.29, 0.717) is 24.3 Å². The molecule has 0 aliphatic heterocycles. The highest BCUT2D eigenvalue weighted by atomic mass is 19.1. The van der Waals surface area contributed by atoms with Crippen LogP contribution in [0.2, 0.25) is 0 Å². The van der Waals surface area contributed by atoms with E-state index in [1.54, 1.807) is 6.92 Å². The van der Waals surface area contributed by atoms with Gasteiger partial charge in [-0.05, 0) is 49.4 Å². The van der Waals surface area contributed by atoms with Gasteiger partial charge in [-0.3, -0.25) is 4.79 Å². The van der Waals surface area contributed by atoms with Gasteiger partial charge < -0.3 is 10.1 Å². The molecular weight excluding hydrogens is 233 g/mol.